The van der Waals surface area contributed by atoms with E-state index in [4.69, 9.17) is 8.85 Å². The molecule has 0 bridgehead atoms. The van der Waals surface area contributed by atoms with E-state index in [2.05, 4.69) is 51.5 Å². The van der Waals surface area contributed by atoms with Crippen LogP contribution in [-0.4, -0.2) is 26.6 Å². The molecule has 4 nitrogen and oxygen atoms in total. The van der Waals surface area contributed by atoms with Crippen molar-refractivity contribution in [1.29, 1.82) is 0 Å². The van der Waals surface area contributed by atoms with Crippen LogP contribution in [0.2, 0.25) is 36.3 Å². The van der Waals surface area contributed by atoms with E-state index in [1.54, 1.807) is 6.20 Å². The monoisotopic (exact) mass is 340 g/mol. The van der Waals surface area contributed by atoms with E-state index >= 15 is 0 Å². The first kappa shape index (κ1) is 19.2. The summed E-state index contributed by atoms with van der Waals surface area (Å²) in [5.74, 6) is 0.688. The van der Waals surface area contributed by atoms with Gasteiger partial charge in [0.2, 0.25) is 5.88 Å². The molecule has 0 N–H and O–H groups in total. The molecular formula is C16H32N2O2Si2. The maximum absolute atomic E-state index is 6.33. The molecular weight excluding hydrogens is 308 g/mol. The third-order valence-corrected chi connectivity index (χ3v) is 14.1. The highest BCUT2D eigenvalue weighted by Crippen LogP contribution is 2.27. The molecule has 1 heterocycles. The van der Waals surface area contributed by atoms with Crippen LogP contribution in [0, 0.1) is 0 Å². The average Bonchev–Trinajstić information content (AvgIpc) is 2.58. The molecule has 1 rings (SSSR count). The van der Waals surface area contributed by atoms with Gasteiger partial charge >= 0.3 is 6.01 Å². The molecule has 0 atom stereocenters. The van der Waals surface area contributed by atoms with Crippen molar-refractivity contribution in [3.8, 4) is 11.9 Å². The first-order chi connectivity index (χ1) is 10.5. The molecule has 1 aromatic rings. The second kappa shape index (κ2) is 8.67. The van der Waals surface area contributed by atoms with Gasteiger partial charge in [0, 0.05) is 12.3 Å². The van der Waals surface area contributed by atoms with E-state index in [1.165, 1.54) is 0 Å². The molecule has 0 radical (unpaired) electrons. The fraction of sp³-hybridized carbons (Fsp3) is 0.750. The van der Waals surface area contributed by atoms with Crippen molar-refractivity contribution >= 4 is 16.6 Å². The summed E-state index contributed by atoms with van der Waals surface area (Å²) in [5.41, 5.74) is 0. The lowest BCUT2D eigenvalue weighted by atomic mass is 10.6. The maximum atomic E-state index is 6.33. The van der Waals surface area contributed by atoms with Gasteiger partial charge in [0.05, 0.1) is 0 Å². The third-order valence-electron chi connectivity index (χ3n) is 5.10. The molecule has 22 heavy (non-hydrogen) atoms. The number of rotatable bonds is 10. The fourth-order valence-corrected chi connectivity index (χ4v) is 7.69. The highest BCUT2D eigenvalue weighted by atomic mass is 28.4. The van der Waals surface area contributed by atoms with Crippen LogP contribution in [-0.2, 0) is 0 Å². The SMILES string of the molecule is CC[Si](CC)(CC)Oc1ccnc(O[Si](CC)(CC)CC)n1. The molecule has 0 aliphatic rings. The van der Waals surface area contributed by atoms with Crippen LogP contribution in [0.15, 0.2) is 12.3 Å². The smallest absolute Gasteiger partial charge is 0.305 e. The van der Waals surface area contributed by atoms with Crippen molar-refractivity contribution in [2.45, 2.75) is 77.8 Å². The van der Waals surface area contributed by atoms with Gasteiger partial charge in [-0.25, -0.2) is 4.98 Å². The summed E-state index contributed by atoms with van der Waals surface area (Å²) >= 11 is 0. The molecule has 0 fully saturated rings. The van der Waals surface area contributed by atoms with Gasteiger partial charge in [-0.2, -0.15) is 4.98 Å². The Bertz CT molecular complexity index is 396. The van der Waals surface area contributed by atoms with E-state index in [0.717, 1.165) is 36.3 Å². The van der Waals surface area contributed by atoms with Gasteiger partial charge in [-0.3, -0.25) is 0 Å². The standard InChI is InChI=1S/C16H32N2O2Si2/c1-7-21(8-2,9-3)19-15-13-14-17-16(18-15)20-22(10-4,11-5)12-6/h13-14H,7-12H2,1-6H3. The molecule has 0 aromatic carbocycles. The second-order valence-corrected chi connectivity index (χ2v) is 15.3. The second-order valence-electron chi connectivity index (χ2n) is 5.87. The third kappa shape index (κ3) is 4.55. The molecule has 6 heteroatoms. The van der Waals surface area contributed by atoms with Crippen molar-refractivity contribution in [3.63, 3.8) is 0 Å². The minimum atomic E-state index is -1.73. The van der Waals surface area contributed by atoms with Crippen LogP contribution in [0.1, 0.15) is 41.5 Å². The lowest BCUT2D eigenvalue weighted by Crippen LogP contribution is -2.41. The van der Waals surface area contributed by atoms with Crippen LogP contribution in [0.3, 0.4) is 0 Å². The Balaban J connectivity index is 2.95. The molecule has 1 aromatic heterocycles. The molecule has 0 aliphatic heterocycles. The average molecular weight is 341 g/mol. The Morgan fingerprint density at radius 2 is 1.23 bits per heavy atom. The Kier molecular flexibility index (Phi) is 7.55. The topological polar surface area (TPSA) is 44.2 Å². The summed E-state index contributed by atoms with van der Waals surface area (Å²) in [6, 6.07) is 8.96. The van der Waals surface area contributed by atoms with E-state index in [1.807, 2.05) is 6.07 Å². The predicted molar refractivity (Wildman–Crippen MR) is 97.7 cm³/mol. The zero-order valence-corrected chi connectivity index (χ0v) is 17.1. The largest absolute Gasteiger partial charge is 0.530 e. The lowest BCUT2D eigenvalue weighted by molar-refractivity contribution is 0.457. The zero-order chi connectivity index (χ0) is 16.6. The van der Waals surface area contributed by atoms with E-state index in [-0.39, 0.29) is 0 Å². The number of aromatic nitrogens is 2. The summed E-state index contributed by atoms with van der Waals surface area (Å²) in [6.45, 7) is 13.3. The van der Waals surface area contributed by atoms with Gasteiger partial charge < -0.3 is 8.85 Å². The summed E-state index contributed by atoms with van der Waals surface area (Å²) < 4.78 is 12.6. The number of hydrogen-bond acceptors (Lipinski definition) is 4. The minimum absolute atomic E-state index is 0.501. The molecule has 0 saturated heterocycles. The highest BCUT2D eigenvalue weighted by Gasteiger charge is 2.33. The predicted octanol–water partition coefficient (Wildman–Crippen LogP) is 5.24. The van der Waals surface area contributed by atoms with Crippen molar-refractivity contribution in [1.82, 2.24) is 9.97 Å². The van der Waals surface area contributed by atoms with Gasteiger partial charge in [-0.15, -0.1) is 0 Å². The summed E-state index contributed by atoms with van der Waals surface area (Å²) in [6.07, 6.45) is 1.76. The van der Waals surface area contributed by atoms with Gasteiger partial charge in [-0.05, 0) is 36.3 Å². The van der Waals surface area contributed by atoms with Crippen LogP contribution < -0.4 is 8.85 Å². The van der Waals surface area contributed by atoms with Crippen LogP contribution in [0.25, 0.3) is 0 Å². The minimum Gasteiger partial charge on any atom is -0.530 e. The van der Waals surface area contributed by atoms with E-state index < -0.39 is 16.6 Å². The van der Waals surface area contributed by atoms with Crippen molar-refractivity contribution < 1.29 is 8.85 Å². The molecule has 0 saturated carbocycles. The summed E-state index contributed by atoms with van der Waals surface area (Å²) in [7, 11) is -3.43. The molecule has 0 amide bonds. The quantitative estimate of drug-likeness (QED) is 0.546. The molecule has 0 aliphatic carbocycles. The molecule has 0 spiro atoms. The zero-order valence-electron chi connectivity index (χ0n) is 15.1. The van der Waals surface area contributed by atoms with Crippen LogP contribution >= 0.6 is 0 Å². The Labute approximate surface area is 137 Å². The normalized spacial score (nSPS) is 12.3. The fourth-order valence-electron chi connectivity index (χ4n) is 2.78. The van der Waals surface area contributed by atoms with Crippen LogP contribution in [0.5, 0.6) is 11.9 Å². The van der Waals surface area contributed by atoms with Gasteiger partial charge in [0.1, 0.15) is 0 Å². The van der Waals surface area contributed by atoms with Crippen molar-refractivity contribution in [2.24, 2.45) is 0 Å². The van der Waals surface area contributed by atoms with E-state index in [0.29, 0.717) is 11.9 Å². The van der Waals surface area contributed by atoms with Gasteiger partial charge in [0.25, 0.3) is 16.6 Å². The number of nitrogens with zero attached hydrogens (tertiary/aromatic N) is 2. The van der Waals surface area contributed by atoms with E-state index in [9.17, 15) is 0 Å². The first-order valence-corrected chi connectivity index (χ1v) is 13.8. The lowest BCUT2D eigenvalue weighted by Gasteiger charge is -2.29. The van der Waals surface area contributed by atoms with Crippen LogP contribution in [0.4, 0.5) is 0 Å². The Morgan fingerprint density at radius 3 is 1.68 bits per heavy atom. The first-order valence-electron chi connectivity index (χ1n) is 8.73. The maximum Gasteiger partial charge on any atom is 0.305 e. The molecule has 126 valence electrons. The number of hydrogen-bond donors (Lipinski definition) is 0. The van der Waals surface area contributed by atoms with Gasteiger partial charge in [0.15, 0.2) is 0 Å². The summed E-state index contributed by atoms with van der Waals surface area (Å²) in [4.78, 5) is 8.86. The molecule has 0 unspecified atom stereocenters. The Morgan fingerprint density at radius 1 is 0.773 bits per heavy atom. The highest BCUT2D eigenvalue weighted by molar-refractivity contribution is 6.74. The van der Waals surface area contributed by atoms with Crippen molar-refractivity contribution in [2.75, 3.05) is 0 Å². The Hall–Kier alpha value is -0.886. The van der Waals surface area contributed by atoms with Gasteiger partial charge in [-0.1, -0.05) is 41.5 Å². The van der Waals surface area contributed by atoms with Crippen molar-refractivity contribution in [3.05, 3.63) is 12.3 Å². The summed E-state index contributed by atoms with van der Waals surface area (Å²) in [5, 5.41) is 0.